The monoisotopic (exact) mass is 219 g/mol. The van der Waals surface area contributed by atoms with E-state index in [1.807, 2.05) is 37.4 Å². The second-order valence-corrected chi connectivity index (χ2v) is 4.69. The molecule has 0 aliphatic heterocycles. The van der Waals surface area contributed by atoms with E-state index in [1.165, 1.54) is 4.88 Å². The Labute approximate surface area is 93.2 Å². The Bertz CT molecular complexity index is 464. The van der Waals surface area contributed by atoms with Gasteiger partial charge in [0.1, 0.15) is 6.10 Å². The largest absolute Gasteiger partial charge is 0.384 e. The Morgan fingerprint density at radius 1 is 1.40 bits per heavy atom. The number of aromatic nitrogens is 1. The van der Waals surface area contributed by atoms with Crippen LogP contribution in [0.1, 0.15) is 27.8 Å². The zero-order chi connectivity index (χ0) is 10.8. The van der Waals surface area contributed by atoms with Gasteiger partial charge in [-0.2, -0.15) is 0 Å². The Morgan fingerprint density at radius 2 is 2.20 bits per heavy atom. The van der Waals surface area contributed by atoms with Gasteiger partial charge in [-0.1, -0.05) is 6.07 Å². The minimum absolute atomic E-state index is 0.552. The van der Waals surface area contributed by atoms with Crippen LogP contribution in [0.25, 0.3) is 0 Å². The SMILES string of the molecule is Cc1cc(C(O)c2cccnc2C)cs1. The average Bonchev–Trinajstić information content (AvgIpc) is 2.65. The highest BCUT2D eigenvalue weighted by atomic mass is 32.1. The second-order valence-electron chi connectivity index (χ2n) is 3.57. The van der Waals surface area contributed by atoms with Crippen molar-refractivity contribution in [2.45, 2.75) is 20.0 Å². The van der Waals surface area contributed by atoms with Gasteiger partial charge in [0.2, 0.25) is 0 Å². The molecule has 0 amide bonds. The fourth-order valence-electron chi connectivity index (χ4n) is 1.57. The van der Waals surface area contributed by atoms with Crippen molar-refractivity contribution in [3.8, 4) is 0 Å². The molecular formula is C12H13NOS. The predicted molar refractivity (Wildman–Crippen MR) is 62.1 cm³/mol. The first-order valence-electron chi connectivity index (χ1n) is 4.83. The molecule has 0 aliphatic rings. The highest BCUT2D eigenvalue weighted by Crippen LogP contribution is 2.27. The number of hydrogen-bond acceptors (Lipinski definition) is 3. The highest BCUT2D eigenvalue weighted by Gasteiger charge is 2.13. The lowest BCUT2D eigenvalue weighted by Crippen LogP contribution is -2.01. The molecule has 0 aliphatic carbocycles. The van der Waals surface area contributed by atoms with Crippen molar-refractivity contribution in [1.82, 2.24) is 4.98 Å². The molecule has 78 valence electrons. The quantitative estimate of drug-likeness (QED) is 0.842. The van der Waals surface area contributed by atoms with E-state index >= 15 is 0 Å². The van der Waals surface area contributed by atoms with Crippen LogP contribution < -0.4 is 0 Å². The summed E-state index contributed by atoms with van der Waals surface area (Å²) in [6.07, 6.45) is 1.19. The van der Waals surface area contributed by atoms with Crippen molar-refractivity contribution >= 4 is 11.3 Å². The molecule has 2 heterocycles. The minimum Gasteiger partial charge on any atom is -0.384 e. The third kappa shape index (κ3) is 2.08. The van der Waals surface area contributed by atoms with Gasteiger partial charge in [0.15, 0.2) is 0 Å². The first-order valence-corrected chi connectivity index (χ1v) is 5.71. The van der Waals surface area contributed by atoms with Crippen LogP contribution in [0, 0.1) is 13.8 Å². The summed E-state index contributed by atoms with van der Waals surface area (Å²) in [5.41, 5.74) is 2.72. The zero-order valence-electron chi connectivity index (χ0n) is 8.77. The fourth-order valence-corrected chi connectivity index (χ4v) is 2.30. The Hall–Kier alpha value is -1.19. The normalized spacial score (nSPS) is 12.7. The molecule has 2 aromatic rings. The van der Waals surface area contributed by atoms with Crippen LogP contribution in [0.2, 0.25) is 0 Å². The summed E-state index contributed by atoms with van der Waals surface area (Å²) in [5.74, 6) is 0. The molecule has 1 unspecified atom stereocenters. The summed E-state index contributed by atoms with van der Waals surface area (Å²) in [6.45, 7) is 3.95. The Kier molecular flexibility index (Phi) is 2.84. The van der Waals surface area contributed by atoms with Crippen molar-refractivity contribution in [2.75, 3.05) is 0 Å². The Balaban J connectivity index is 2.36. The lowest BCUT2D eigenvalue weighted by molar-refractivity contribution is 0.219. The molecule has 1 N–H and O–H groups in total. The van der Waals surface area contributed by atoms with E-state index in [-0.39, 0.29) is 0 Å². The van der Waals surface area contributed by atoms with Crippen molar-refractivity contribution < 1.29 is 5.11 Å². The molecule has 15 heavy (non-hydrogen) atoms. The molecule has 0 saturated carbocycles. The van der Waals surface area contributed by atoms with E-state index in [0.29, 0.717) is 0 Å². The van der Waals surface area contributed by atoms with Crippen molar-refractivity contribution in [3.63, 3.8) is 0 Å². The van der Waals surface area contributed by atoms with Gasteiger partial charge in [-0.05, 0) is 36.9 Å². The van der Waals surface area contributed by atoms with E-state index in [1.54, 1.807) is 17.5 Å². The van der Waals surface area contributed by atoms with Gasteiger partial charge in [-0.25, -0.2) is 0 Å². The third-order valence-corrected chi connectivity index (χ3v) is 3.29. The van der Waals surface area contributed by atoms with Crippen LogP contribution in [0.3, 0.4) is 0 Å². The van der Waals surface area contributed by atoms with Gasteiger partial charge >= 0.3 is 0 Å². The van der Waals surface area contributed by atoms with E-state index < -0.39 is 6.10 Å². The molecule has 1 atom stereocenters. The molecule has 0 saturated heterocycles. The van der Waals surface area contributed by atoms with Gasteiger partial charge in [0, 0.05) is 22.3 Å². The molecule has 0 radical (unpaired) electrons. The van der Waals surface area contributed by atoms with E-state index in [4.69, 9.17) is 0 Å². The van der Waals surface area contributed by atoms with Crippen molar-refractivity contribution in [3.05, 3.63) is 51.5 Å². The molecule has 0 bridgehead atoms. The molecule has 0 fully saturated rings. The summed E-state index contributed by atoms with van der Waals surface area (Å²) in [7, 11) is 0. The standard InChI is InChI=1S/C12H13NOS/c1-8-6-10(7-15-8)12(14)11-4-3-5-13-9(11)2/h3-7,12,14H,1-2H3. The number of thiophene rings is 1. The van der Waals surface area contributed by atoms with Crippen LogP contribution in [0.4, 0.5) is 0 Å². The first kappa shape index (κ1) is 10.3. The van der Waals surface area contributed by atoms with Gasteiger partial charge < -0.3 is 5.11 Å². The summed E-state index contributed by atoms with van der Waals surface area (Å²) >= 11 is 1.65. The smallest absolute Gasteiger partial charge is 0.107 e. The number of aliphatic hydroxyl groups excluding tert-OH is 1. The van der Waals surface area contributed by atoms with Crippen LogP contribution >= 0.6 is 11.3 Å². The molecule has 3 heteroatoms. The molecule has 0 aromatic carbocycles. The number of aliphatic hydroxyl groups is 1. The maximum atomic E-state index is 10.2. The number of pyridine rings is 1. The maximum absolute atomic E-state index is 10.2. The van der Waals surface area contributed by atoms with E-state index in [2.05, 4.69) is 4.98 Å². The molecule has 2 aromatic heterocycles. The zero-order valence-corrected chi connectivity index (χ0v) is 9.58. The number of rotatable bonds is 2. The van der Waals surface area contributed by atoms with Crippen LogP contribution in [-0.4, -0.2) is 10.1 Å². The molecule has 2 rings (SSSR count). The predicted octanol–water partition coefficient (Wildman–Crippen LogP) is 2.84. The summed E-state index contributed by atoms with van der Waals surface area (Å²) in [5, 5.41) is 12.1. The lowest BCUT2D eigenvalue weighted by Gasteiger charge is -2.11. The third-order valence-electron chi connectivity index (χ3n) is 2.41. The topological polar surface area (TPSA) is 33.1 Å². The van der Waals surface area contributed by atoms with Gasteiger partial charge in [-0.3, -0.25) is 4.98 Å². The van der Waals surface area contributed by atoms with Crippen LogP contribution in [0.15, 0.2) is 29.8 Å². The molecule has 0 spiro atoms. The van der Waals surface area contributed by atoms with Crippen molar-refractivity contribution in [2.24, 2.45) is 0 Å². The molecule has 2 nitrogen and oxygen atoms in total. The van der Waals surface area contributed by atoms with E-state index in [9.17, 15) is 5.11 Å². The van der Waals surface area contributed by atoms with Crippen LogP contribution in [0.5, 0.6) is 0 Å². The summed E-state index contributed by atoms with van der Waals surface area (Å²) in [6, 6.07) is 5.78. The van der Waals surface area contributed by atoms with Crippen LogP contribution in [-0.2, 0) is 0 Å². The maximum Gasteiger partial charge on any atom is 0.107 e. The van der Waals surface area contributed by atoms with Gasteiger partial charge in [0.25, 0.3) is 0 Å². The average molecular weight is 219 g/mol. The Morgan fingerprint density at radius 3 is 2.80 bits per heavy atom. The molecular weight excluding hydrogens is 206 g/mol. The summed E-state index contributed by atoms with van der Waals surface area (Å²) in [4.78, 5) is 5.39. The second kappa shape index (κ2) is 4.13. The van der Waals surface area contributed by atoms with Gasteiger partial charge in [0.05, 0.1) is 0 Å². The number of nitrogens with zero attached hydrogens (tertiary/aromatic N) is 1. The first-order chi connectivity index (χ1) is 7.18. The summed E-state index contributed by atoms with van der Waals surface area (Å²) < 4.78 is 0. The highest BCUT2D eigenvalue weighted by molar-refractivity contribution is 7.10. The lowest BCUT2D eigenvalue weighted by atomic mass is 10.0. The van der Waals surface area contributed by atoms with E-state index in [0.717, 1.165) is 16.8 Å². The van der Waals surface area contributed by atoms with Gasteiger partial charge in [-0.15, -0.1) is 11.3 Å². The number of hydrogen-bond donors (Lipinski definition) is 1. The minimum atomic E-state index is -0.552. The van der Waals surface area contributed by atoms with Crippen molar-refractivity contribution in [1.29, 1.82) is 0 Å². The number of aryl methyl sites for hydroxylation is 2. The fraction of sp³-hybridized carbons (Fsp3) is 0.250.